The fourth-order valence-corrected chi connectivity index (χ4v) is 4.34. The molecule has 0 saturated carbocycles. The fraction of sp³-hybridized carbons (Fsp3) is 0.343. The maximum atomic E-state index is 12.0. The number of aryl methyl sites for hydroxylation is 1. The minimum Gasteiger partial charge on any atom is -0.507 e. The number of aromatic hydroxyl groups is 1. The van der Waals surface area contributed by atoms with Gasteiger partial charge in [0.15, 0.2) is 6.29 Å². The molecule has 4 rings (SSSR count). The van der Waals surface area contributed by atoms with Gasteiger partial charge in [-0.25, -0.2) is 0 Å². The Bertz CT molecular complexity index is 1470. The van der Waals surface area contributed by atoms with Crippen LogP contribution < -0.4 is 10.4 Å². The van der Waals surface area contributed by atoms with E-state index in [4.69, 9.17) is 5.41 Å². The summed E-state index contributed by atoms with van der Waals surface area (Å²) in [6, 6.07) is 19.0. The number of phenolic OH excluding ortho intramolecular Hbond substituents is 1. The van der Waals surface area contributed by atoms with Gasteiger partial charge in [0.1, 0.15) is 5.75 Å². The van der Waals surface area contributed by atoms with Gasteiger partial charge in [0.25, 0.3) is 5.91 Å². The molecule has 0 saturated heterocycles. The highest BCUT2D eigenvalue weighted by atomic mass is 16.3. The van der Waals surface area contributed by atoms with Crippen molar-refractivity contribution in [3.63, 3.8) is 0 Å². The van der Waals surface area contributed by atoms with Crippen LogP contribution in [-0.4, -0.2) is 86.0 Å². The predicted molar refractivity (Wildman–Crippen MR) is 175 cm³/mol. The molecular weight excluding hydrogens is 524 g/mol. The number of likely N-dealkylation sites (N-methyl/N-ethyl adjacent to an activating group) is 2. The molecule has 0 aromatic heterocycles. The lowest BCUT2D eigenvalue weighted by atomic mass is 10.0. The Hall–Kier alpha value is -4.23. The van der Waals surface area contributed by atoms with Crippen LogP contribution in [0, 0.1) is 12.3 Å². The van der Waals surface area contributed by atoms with Crippen LogP contribution in [0.25, 0.3) is 22.9 Å². The highest BCUT2D eigenvalue weighted by Crippen LogP contribution is 2.21. The van der Waals surface area contributed by atoms with Crippen molar-refractivity contribution in [3.8, 4) is 16.9 Å². The van der Waals surface area contributed by atoms with Crippen molar-refractivity contribution in [2.75, 3.05) is 48.3 Å². The highest BCUT2D eigenvalue weighted by molar-refractivity contribution is 6.03. The van der Waals surface area contributed by atoms with Crippen LogP contribution >= 0.6 is 0 Å². The van der Waals surface area contributed by atoms with Crippen LogP contribution in [0.2, 0.25) is 0 Å². The van der Waals surface area contributed by atoms with Crippen molar-refractivity contribution in [1.82, 2.24) is 14.7 Å². The van der Waals surface area contributed by atoms with E-state index in [1.165, 1.54) is 12.8 Å². The summed E-state index contributed by atoms with van der Waals surface area (Å²) in [5, 5.41) is 19.5. The molecule has 1 heterocycles. The van der Waals surface area contributed by atoms with Crippen LogP contribution in [0.4, 0.5) is 0 Å². The van der Waals surface area contributed by atoms with Gasteiger partial charge in [0.05, 0.1) is 11.4 Å². The van der Waals surface area contributed by atoms with Crippen LogP contribution in [0.15, 0.2) is 60.7 Å². The number of carbonyl (C=O) groups excluding carboxylic acids is 2. The third kappa shape index (κ3) is 9.14. The minimum absolute atomic E-state index is 0.00594. The SMILES string of the molecule is CCCC.CN(C)C(=O)c1ccc(-c2ccc3c(c2)=CCN(C)C=3C=O)cc1.Cc1cccc(O)c1C(=N)CN(C)C. The topological polar surface area (TPSA) is 87.9 Å². The lowest BCUT2D eigenvalue weighted by Crippen LogP contribution is -2.38. The predicted octanol–water partition coefficient (Wildman–Crippen LogP) is 4.52. The second-order valence-corrected chi connectivity index (χ2v) is 10.9. The number of nitrogens with zero attached hydrogens (tertiary/aromatic N) is 3. The number of amides is 1. The zero-order valence-corrected chi connectivity index (χ0v) is 26.4. The van der Waals surface area contributed by atoms with Gasteiger partial charge in [0.2, 0.25) is 0 Å². The Kier molecular flexibility index (Phi) is 13.2. The Morgan fingerprint density at radius 3 is 2.12 bits per heavy atom. The van der Waals surface area contributed by atoms with Gasteiger partial charge in [-0.1, -0.05) is 69.2 Å². The van der Waals surface area contributed by atoms with Gasteiger partial charge in [-0.2, -0.15) is 0 Å². The summed E-state index contributed by atoms with van der Waals surface area (Å²) in [6.45, 7) is 7.53. The summed E-state index contributed by atoms with van der Waals surface area (Å²) in [5.41, 5.74) is 5.55. The summed E-state index contributed by atoms with van der Waals surface area (Å²) < 4.78 is 0. The van der Waals surface area contributed by atoms with Crippen LogP contribution in [0.1, 0.15) is 48.2 Å². The number of unbranched alkanes of at least 4 members (excludes halogenated alkanes) is 1. The molecule has 0 radical (unpaired) electrons. The van der Waals surface area contributed by atoms with Gasteiger partial charge in [0, 0.05) is 50.6 Å². The number of phenols is 1. The molecule has 3 aromatic rings. The molecule has 1 aliphatic rings. The molecule has 2 N–H and O–H groups in total. The standard InChI is InChI=1S/C20H20N2O2.C11H16N2O.C4H10/c1-21(2)20(24)15-6-4-14(5-7-15)16-8-9-18-17(12-16)10-11-22(3)19(18)13-23;1-8-5-4-6-10(14)11(8)9(12)7-13(2)3;1-3-4-2/h4-10,12-13H,11H2,1-3H3;4-6,12,14H,7H2,1-3H3;3-4H2,1-2H3. The average Bonchev–Trinajstić information content (AvgIpc) is 2.96. The number of rotatable bonds is 7. The first-order chi connectivity index (χ1) is 19.9. The molecule has 224 valence electrons. The molecule has 0 bridgehead atoms. The Morgan fingerprint density at radius 1 is 0.976 bits per heavy atom. The molecular formula is C35H46N4O3. The number of nitrogens with one attached hydrogen (secondary N) is 1. The summed E-state index contributed by atoms with van der Waals surface area (Å²) >= 11 is 0. The first kappa shape index (κ1) is 34.0. The van der Waals surface area contributed by atoms with Gasteiger partial charge in [-0.05, 0) is 67.2 Å². The Labute approximate surface area is 250 Å². The molecule has 42 heavy (non-hydrogen) atoms. The van der Waals surface area contributed by atoms with Crippen LogP contribution in [0.5, 0.6) is 5.75 Å². The first-order valence-electron chi connectivity index (χ1n) is 14.3. The molecule has 0 unspecified atom stereocenters. The maximum absolute atomic E-state index is 12.0. The monoisotopic (exact) mass is 570 g/mol. The van der Waals surface area contributed by atoms with Crippen molar-refractivity contribution in [1.29, 1.82) is 5.41 Å². The molecule has 1 aliphatic heterocycles. The van der Waals surface area contributed by atoms with Gasteiger partial charge in [-0.3, -0.25) is 9.59 Å². The molecule has 0 fully saturated rings. The van der Waals surface area contributed by atoms with E-state index in [-0.39, 0.29) is 11.7 Å². The zero-order valence-electron chi connectivity index (χ0n) is 26.4. The summed E-state index contributed by atoms with van der Waals surface area (Å²) in [5.74, 6) is 0.186. The number of hydrogen-bond acceptors (Lipinski definition) is 6. The number of carbonyl (C=O) groups is 2. The Balaban J connectivity index is 0.000000290. The number of hydrogen-bond donors (Lipinski definition) is 2. The largest absolute Gasteiger partial charge is 0.507 e. The third-order valence-corrected chi connectivity index (χ3v) is 6.83. The van der Waals surface area contributed by atoms with Gasteiger partial charge >= 0.3 is 0 Å². The molecule has 0 aliphatic carbocycles. The molecule has 0 atom stereocenters. The summed E-state index contributed by atoms with van der Waals surface area (Å²) in [7, 11) is 9.21. The summed E-state index contributed by atoms with van der Waals surface area (Å²) in [6.07, 6.45) is 5.67. The summed E-state index contributed by atoms with van der Waals surface area (Å²) in [4.78, 5) is 28.7. The van der Waals surface area contributed by atoms with Crippen LogP contribution in [-0.2, 0) is 4.79 Å². The van der Waals surface area contributed by atoms with E-state index >= 15 is 0 Å². The van der Waals surface area contributed by atoms with Crippen molar-refractivity contribution >= 4 is 29.7 Å². The lowest BCUT2D eigenvalue weighted by Gasteiger charge is -2.20. The second kappa shape index (κ2) is 16.3. The van der Waals surface area contributed by atoms with E-state index in [2.05, 4.69) is 26.0 Å². The first-order valence-corrected chi connectivity index (χ1v) is 14.3. The molecule has 7 nitrogen and oxygen atoms in total. The Morgan fingerprint density at radius 2 is 1.60 bits per heavy atom. The van der Waals surface area contributed by atoms with Crippen molar-refractivity contribution in [3.05, 3.63) is 87.8 Å². The molecule has 7 heteroatoms. The third-order valence-electron chi connectivity index (χ3n) is 6.83. The number of aldehydes is 1. The maximum Gasteiger partial charge on any atom is 0.253 e. The van der Waals surface area contributed by atoms with E-state index in [1.54, 1.807) is 31.1 Å². The van der Waals surface area contributed by atoms with E-state index in [9.17, 15) is 14.7 Å². The van der Waals surface area contributed by atoms with Gasteiger partial charge < -0.3 is 25.2 Å². The van der Waals surface area contributed by atoms with E-state index in [0.29, 0.717) is 29.1 Å². The highest BCUT2D eigenvalue weighted by Gasteiger charge is 2.12. The van der Waals surface area contributed by atoms with Crippen molar-refractivity contribution in [2.24, 2.45) is 0 Å². The average molecular weight is 571 g/mol. The van der Waals surface area contributed by atoms with E-state index in [0.717, 1.165) is 40.0 Å². The second-order valence-electron chi connectivity index (χ2n) is 10.9. The number of benzene rings is 3. The zero-order chi connectivity index (χ0) is 31.4. The van der Waals surface area contributed by atoms with Crippen molar-refractivity contribution in [2.45, 2.75) is 33.6 Å². The van der Waals surface area contributed by atoms with Gasteiger partial charge in [-0.15, -0.1) is 0 Å². The normalized spacial score (nSPS) is 11.7. The lowest BCUT2D eigenvalue weighted by molar-refractivity contribution is -0.104. The van der Waals surface area contributed by atoms with E-state index < -0.39 is 0 Å². The smallest absolute Gasteiger partial charge is 0.253 e. The molecule has 0 spiro atoms. The molecule has 1 amide bonds. The minimum atomic E-state index is -0.00594. The van der Waals surface area contributed by atoms with E-state index in [1.807, 2.05) is 80.3 Å². The molecule has 3 aromatic carbocycles. The quantitative estimate of drug-likeness (QED) is 0.322. The number of fused-ring (bicyclic) bond motifs is 1. The van der Waals surface area contributed by atoms with Crippen molar-refractivity contribution < 1.29 is 14.7 Å². The van der Waals surface area contributed by atoms with Crippen LogP contribution in [0.3, 0.4) is 0 Å². The fourth-order valence-electron chi connectivity index (χ4n) is 4.34.